The number of carbonyl (C=O) groups is 2. The second-order valence-electron chi connectivity index (χ2n) is 4.64. The van der Waals surface area contributed by atoms with Crippen LogP contribution in [0.5, 0.6) is 5.75 Å². The van der Waals surface area contributed by atoms with Gasteiger partial charge in [0.1, 0.15) is 6.04 Å². The van der Waals surface area contributed by atoms with Crippen molar-refractivity contribution in [3.63, 3.8) is 0 Å². The molecule has 0 bridgehead atoms. The van der Waals surface area contributed by atoms with Gasteiger partial charge in [-0.05, 0) is 47.1 Å². The van der Waals surface area contributed by atoms with Gasteiger partial charge in [0.2, 0.25) is 5.91 Å². The molecule has 1 aromatic heterocycles. The van der Waals surface area contributed by atoms with Crippen molar-refractivity contribution in [3.8, 4) is 5.75 Å². The van der Waals surface area contributed by atoms with E-state index >= 15 is 0 Å². The third kappa shape index (κ3) is 4.52. The molecule has 0 radical (unpaired) electrons. The van der Waals surface area contributed by atoms with Crippen LogP contribution in [0, 0.1) is 5.82 Å². The van der Waals surface area contributed by atoms with Gasteiger partial charge in [0.15, 0.2) is 11.6 Å². The van der Waals surface area contributed by atoms with Gasteiger partial charge >= 0.3 is 0 Å². The standard InChI is InChI=1S/C15H14BrFN2O3S/c1-8(18-15(21)12-5-6-13(16)23-12)14(20)19-9-3-4-11(22-2)10(17)7-9/h3-8H,1-2H3,(H,18,21)(H,19,20). The van der Waals surface area contributed by atoms with Crippen molar-refractivity contribution >= 4 is 44.8 Å². The largest absolute Gasteiger partial charge is 0.494 e. The van der Waals surface area contributed by atoms with Gasteiger partial charge < -0.3 is 15.4 Å². The maximum atomic E-state index is 13.6. The lowest BCUT2D eigenvalue weighted by Crippen LogP contribution is -2.41. The molecule has 2 aromatic rings. The van der Waals surface area contributed by atoms with Crippen LogP contribution < -0.4 is 15.4 Å². The number of benzene rings is 1. The number of carbonyl (C=O) groups excluding carboxylic acids is 2. The molecule has 122 valence electrons. The Morgan fingerprint density at radius 2 is 2.04 bits per heavy atom. The molecule has 2 amide bonds. The molecule has 2 rings (SSSR count). The minimum absolute atomic E-state index is 0.0904. The van der Waals surface area contributed by atoms with E-state index < -0.39 is 17.8 Å². The highest BCUT2D eigenvalue weighted by Crippen LogP contribution is 2.22. The van der Waals surface area contributed by atoms with Crippen molar-refractivity contribution in [3.05, 3.63) is 44.8 Å². The number of halogens is 2. The fourth-order valence-electron chi connectivity index (χ4n) is 1.76. The lowest BCUT2D eigenvalue weighted by atomic mass is 10.2. The van der Waals surface area contributed by atoms with E-state index in [1.54, 1.807) is 19.1 Å². The Balaban J connectivity index is 1.97. The van der Waals surface area contributed by atoms with E-state index in [1.165, 1.54) is 30.6 Å². The Morgan fingerprint density at radius 1 is 1.30 bits per heavy atom. The van der Waals surface area contributed by atoms with Crippen molar-refractivity contribution in [2.24, 2.45) is 0 Å². The van der Waals surface area contributed by atoms with E-state index in [-0.39, 0.29) is 17.3 Å². The molecule has 5 nitrogen and oxygen atoms in total. The summed E-state index contributed by atoms with van der Waals surface area (Å²) in [6.07, 6.45) is 0. The summed E-state index contributed by atoms with van der Waals surface area (Å²) in [5.41, 5.74) is 0.285. The van der Waals surface area contributed by atoms with Crippen molar-refractivity contribution in [1.82, 2.24) is 5.32 Å². The third-order valence-corrected chi connectivity index (χ3v) is 4.58. The van der Waals surface area contributed by atoms with Crippen LogP contribution >= 0.6 is 27.3 Å². The monoisotopic (exact) mass is 400 g/mol. The fraction of sp³-hybridized carbons (Fsp3) is 0.200. The zero-order chi connectivity index (χ0) is 17.0. The number of anilines is 1. The predicted molar refractivity (Wildman–Crippen MR) is 90.5 cm³/mol. The summed E-state index contributed by atoms with van der Waals surface area (Å²) in [5, 5.41) is 5.13. The summed E-state index contributed by atoms with van der Waals surface area (Å²) in [4.78, 5) is 24.5. The zero-order valence-electron chi connectivity index (χ0n) is 12.4. The van der Waals surface area contributed by atoms with Crippen LogP contribution in [-0.4, -0.2) is 25.0 Å². The van der Waals surface area contributed by atoms with Gasteiger partial charge in [0.05, 0.1) is 15.8 Å². The third-order valence-electron chi connectivity index (χ3n) is 2.96. The summed E-state index contributed by atoms with van der Waals surface area (Å²) >= 11 is 4.54. The SMILES string of the molecule is COc1ccc(NC(=O)C(C)NC(=O)c2ccc(Br)s2)cc1F. The quantitative estimate of drug-likeness (QED) is 0.807. The molecule has 0 spiro atoms. The van der Waals surface area contributed by atoms with Gasteiger partial charge in [0.25, 0.3) is 5.91 Å². The summed E-state index contributed by atoms with van der Waals surface area (Å²) in [5.74, 6) is -1.28. The number of thiophene rings is 1. The molecule has 0 aliphatic carbocycles. The van der Waals surface area contributed by atoms with E-state index in [2.05, 4.69) is 26.6 Å². The highest BCUT2D eigenvalue weighted by Gasteiger charge is 2.18. The van der Waals surface area contributed by atoms with Crippen LogP contribution in [0.15, 0.2) is 34.1 Å². The highest BCUT2D eigenvalue weighted by molar-refractivity contribution is 9.11. The van der Waals surface area contributed by atoms with Gasteiger partial charge in [0, 0.05) is 11.8 Å². The van der Waals surface area contributed by atoms with Gasteiger partial charge in [-0.1, -0.05) is 0 Å². The Kier molecular flexibility index (Phi) is 5.73. The molecule has 0 saturated heterocycles. The highest BCUT2D eigenvalue weighted by atomic mass is 79.9. The lowest BCUT2D eigenvalue weighted by Gasteiger charge is -2.14. The molecule has 2 N–H and O–H groups in total. The Bertz CT molecular complexity index is 735. The van der Waals surface area contributed by atoms with Gasteiger partial charge in [-0.3, -0.25) is 9.59 Å². The van der Waals surface area contributed by atoms with Gasteiger partial charge in [-0.15, -0.1) is 11.3 Å². The Hall–Kier alpha value is -1.93. The first-order chi connectivity index (χ1) is 10.9. The number of hydrogen-bond acceptors (Lipinski definition) is 4. The average Bonchev–Trinajstić information content (AvgIpc) is 2.94. The summed E-state index contributed by atoms with van der Waals surface area (Å²) in [6, 6.07) is 6.73. The number of methoxy groups -OCH3 is 1. The normalized spacial score (nSPS) is 11.7. The van der Waals surface area contributed by atoms with Gasteiger partial charge in [-0.25, -0.2) is 4.39 Å². The molecule has 0 saturated carbocycles. The zero-order valence-corrected chi connectivity index (χ0v) is 14.8. The van der Waals surface area contributed by atoms with Crippen LogP contribution in [0.1, 0.15) is 16.6 Å². The second-order valence-corrected chi connectivity index (χ2v) is 7.10. The minimum Gasteiger partial charge on any atom is -0.494 e. The van der Waals surface area contributed by atoms with Crippen molar-refractivity contribution in [2.45, 2.75) is 13.0 Å². The van der Waals surface area contributed by atoms with Crippen LogP contribution in [0.4, 0.5) is 10.1 Å². The summed E-state index contributed by atoms with van der Waals surface area (Å²) < 4.78 is 19.2. The number of ether oxygens (including phenoxy) is 1. The van der Waals surface area contributed by atoms with Crippen molar-refractivity contribution < 1.29 is 18.7 Å². The van der Waals surface area contributed by atoms with Crippen LogP contribution in [0.3, 0.4) is 0 Å². The number of hydrogen-bond donors (Lipinski definition) is 2. The molecule has 0 aliphatic rings. The van der Waals surface area contributed by atoms with Crippen LogP contribution in [0.2, 0.25) is 0 Å². The summed E-state index contributed by atoms with van der Waals surface area (Å²) in [7, 11) is 1.36. The molecule has 0 aliphatic heterocycles. The molecule has 23 heavy (non-hydrogen) atoms. The maximum Gasteiger partial charge on any atom is 0.262 e. The first-order valence-corrected chi connectivity index (χ1v) is 8.22. The molecular formula is C15H14BrFN2O3S. The topological polar surface area (TPSA) is 67.4 Å². The second kappa shape index (κ2) is 7.56. The van der Waals surface area contributed by atoms with Crippen LogP contribution in [-0.2, 0) is 4.79 Å². The van der Waals surface area contributed by atoms with Crippen molar-refractivity contribution in [1.29, 1.82) is 0 Å². The average molecular weight is 401 g/mol. The number of nitrogens with one attached hydrogen (secondary N) is 2. The van der Waals surface area contributed by atoms with E-state index in [9.17, 15) is 14.0 Å². The van der Waals surface area contributed by atoms with Crippen molar-refractivity contribution in [2.75, 3.05) is 12.4 Å². The van der Waals surface area contributed by atoms with Crippen LogP contribution in [0.25, 0.3) is 0 Å². The van der Waals surface area contributed by atoms with E-state index in [0.29, 0.717) is 4.88 Å². The number of rotatable bonds is 5. The molecule has 1 heterocycles. The molecule has 1 atom stereocenters. The Labute approximate surface area is 145 Å². The minimum atomic E-state index is -0.770. The fourth-order valence-corrected chi connectivity index (χ4v) is 3.05. The van der Waals surface area contributed by atoms with Gasteiger partial charge in [-0.2, -0.15) is 0 Å². The molecule has 0 fully saturated rings. The van der Waals surface area contributed by atoms with E-state index in [0.717, 1.165) is 9.85 Å². The van der Waals surface area contributed by atoms with E-state index in [1.807, 2.05) is 0 Å². The lowest BCUT2D eigenvalue weighted by molar-refractivity contribution is -0.117. The molecular weight excluding hydrogens is 387 g/mol. The number of amides is 2. The maximum absolute atomic E-state index is 13.6. The first-order valence-electron chi connectivity index (χ1n) is 6.61. The smallest absolute Gasteiger partial charge is 0.262 e. The first kappa shape index (κ1) is 17.4. The Morgan fingerprint density at radius 3 is 2.61 bits per heavy atom. The molecule has 8 heteroatoms. The van der Waals surface area contributed by atoms with E-state index in [4.69, 9.17) is 4.74 Å². The molecule has 1 aromatic carbocycles. The predicted octanol–water partition coefficient (Wildman–Crippen LogP) is 3.42. The summed E-state index contributed by atoms with van der Waals surface area (Å²) in [6.45, 7) is 1.55. The molecule has 1 unspecified atom stereocenters.